The van der Waals surface area contributed by atoms with Crippen LogP contribution in [0.3, 0.4) is 0 Å². The summed E-state index contributed by atoms with van der Waals surface area (Å²) in [6.07, 6.45) is 1.80. The molecule has 0 aliphatic rings. The van der Waals surface area contributed by atoms with Gasteiger partial charge < -0.3 is 20.1 Å². The summed E-state index contributed by atoms with van der Waals surface area (Å²) in [4.78, 5) is 4.67. The summed E-state index contributed by atoms with van der Waals surface area (Å²) in [5.74, 6) is 1.61. The fourth-order valence-corrected chi connectivity index (χ4v) is 2.81. The Kier molecular flexibility index (Phi) is 9.34. The van der Waals surface area contributed by atoms with Crippen molar-refractivity contribution in [1.29, 1.82) is 0 Å². The van der Waals surface area contributed by atoms with E-state index in [9.17, 15) is 0 Å². The number of anilines is 1. The van der Waals surface area contributed by atoms with Crippen LogP contribution in [0.15, 0.2) is 35.3 Å². The largest absolute Gasteiger partial charge is 0.493 e. The number of nitrogens with one attached hydrogen (secondary N) is 2. The van der Waals surface area contributed by atoms with E-state index in [1.165, 1.54) is 5.69 Å². The summed E-state index contributed by atoms with van der Waals surface area (Å²) in [6.45, 7) is 9.89. The molecule has 28 heavy (non-hydrogen) atoms. The van der Waals surface area contributed by atoms with Crippen LogP contribution in [0.2, 0.25) is 0 Å². The number of hydrogen-bond acceptors (Lipinski definition) is 4. The molecule has 154 valence electrons. The summed E-state index contributed by atoms with van der Waals surface area (Å²) in [7, 11) is 1.70. The predicted molar refractivity (Wildman–Crippen MR) is 114 cm³/mol. The van der Waals surface area contributed by atoms with Crippen LogP contribution in [-0.2, 0) is 11.3 Å². The number of hydrogen-bond donors (Lipinski definition) is 2. The highest BCUT2D eigenvalue weighted by atomic mass is 16.5. The molecule has 0 saturated heterocycles. The maximum Gasteiger partial charge on any atom is 0.195 e. The SMILES string of the molecule is CCNC(=NCCCn1nc(C)cc1C)Nc1cccc(OCCCOC)c1. The number of methoxy groups -OCH3 is 1. The van der Waals surface area contributed by atoms with E-state index in [1.54, 1.807) is 7.11 Å². The average Bonchev–Trinajstić information content (AvgIpc) is 3.00. The predicted octanol–water partition coefficient (Wildman–Crippen LogP) is 3.38. The van der Waals surface area contributed by atoms with Crippen LogP contribution in [-0.4, -0.2) is 49.2 Å². The summed E-state index contributed by atoms with van der Waals surface area (Å²) >= 11 is 0. The molecule has 0 aliphatic heterocycles. The first kappa shape index (κ1) is 21.8. The van der Waals surface area contributed by atoms with Gasteiger partial charge in [0.05, 0.1) is 12.3 Å². The van der Waals surface area contributed by atoms with Gasteiger partial charge in [-0.3, -0.25) is 9.67 Å². The Labute approximate surface area is 168 Å². The maximum absolute atomic E-state index is 5.76. The first-order chi connectivity index (χ1) is 13.6. The van der Waals surface area contributed by atoms with E-state index < -0.39 is 0 Å². The summed E-state index contributed by atoms with van der Waals surface area (Å²) in [5, 5.41) is 11.1. The van der Waals surface area contributed by atoms with Gasteiger partial charge in [-0.1, -0.05) is 6.07 Å². The van der Waals surface area contributed by atoms with E-state index in [2.05, 4.69) is 40.6 Å². The minimum atomic E-state index is 0.637. The molecule has 2 rings (SSSR count). The monoisotopic (exact) mass is 387 g/mol. The zero-order valence-corrected chi connectivity index (χ0v) is 17.5. The van der Waals surface area contributed by atoms with E-state index in [-0.39, 0.29) is 0 Å². The minimum absolute atomic E-state index is 0.637. The lowest BCUT2D eigenvalue weighted by Gasteiger charge is -2.13. The molecule has 1 heterocycles. The Morgan fingerprint density at radius 3 is 2.75 bits per heavy atom. The molecule has 7 heteroatoms. The molecule has 0 unspecified atom stereocenters. The van der Waals surface area contributed by atoms with Crippen molar-refractivity contribution in [3.8, 4) is 5.75 Å². The lowest BCUT2D eigenvalue weighted by molar-refractivity contribution is 0.172. The van der Waals surface area contributed by atoms with Gasteiger partial charge in [0.1, 0.15) is 5.75 Å². The highest BCUT2D eigenvalue weighted by molar-refractivity contribution is 5.93. The lowest BCUT2D eigenvalue weighted by Crippen LogP contribution is -2.30. The smallest absolute Gasteiger partial charge is 0.195 e. The summed E-state index contributed by atoms with van der Waals surface area (Å²) in [5.41, 5.74) is 3.19. The van der Waals surface area contributed by atoms with E-state index in [1.807, 2.05) is 35.9 Å². The van der Waals surface area contributed by atoms with E-state index >= 15 is 0 Å². The minimum Gasteiger partial charge on any atom is -0.493 e. The molecule has 2 N–H and O–H groups in total. The molecule has 0 spiro atoms. The van der Waals surface area contributed by atoms with Crippen LogP contribution in [0, 0.1) is 13.8 Å². The van der Waals surface area contributed by atoms with Gasteiger partial charge in [0, 0.05) is 57.2 Å². The van der Waals surface area contributed by atoms with Gasteiger partial charge >= 0.3 is 0 Å². The molecule has 0 amide bonds. The van der Waals surface area contributed by atoms with Crippen molar-refractivity contribution >= 4 is 11.6 Å². The van der Waals surface area contributed by atoms with Crippen LogP contribution >= 0.6 is 0 Å². The molecule has 7 nitrogen and oxygen atoms in total. The third-order valence-electron chi connectivity index (χ3n) is 4.10. The Bertz CT molecular complexity index is 742. The number of nitrogens with zero attached hydrogens (tertiary/aromatic N) is 3. The highest BCUT2D eigenvalue weighted by Gasteiger charge is 2.03. The molecule has 0 radical (unpaired) electrons. The van der Waals surface area contributed by atoms with Crippen molar-refractivity contribution in [1.82, 2.24) is 15.1 Å². The van der Waals surface area contributed by atoms with E-state index in [0.29, 0.717) is 13.2 Å². The van der Waals surface area contributed by atoms with Gasteiger partial charge in [0.15, 0.2) is 5.96 Å². The number of aryl methyl sites for hydroxylation is 3. The second-order valence-electron chi connectivity index (χ2n) is 6.61. The fourth-order valence-electron chi connectivity index (χ4n) is 2.81. The molecular formula is C21H33N5O2. The summed E-state index contributed by atoms with van der Waals surface area (Å²) < 4.78 is 12.8. The highest BCUT2D eigenvalue weighted by Crippen LogP contribution is 2.17. The third kappa shape index (κ3) is 7.60. The molecule has 2 aromatic rings. The van der Waals surface area contributed by atoms with Crippen LogP contribution < -0.4 is 15.4 Å². The quantitative estimate of drug-likeness (QED) is 0.351. The number of benzene rings is 1. The zero-order chi connectivity index (χ0) is 20.2. The van der Waals surface area contributed by atoms with Gasteiger partial charge in [-0.2, -0.15) is 5.10 Å². The molecule has 1 aromatic heterocycles. The van der Waals surface area contributed by atoms with Gasteiger partial charge in [0.25, 0.3) is 0 Å². The first-order valence-corrected chi connectivity index (χ1v) is 9.90. The molecule has 0 atom stereocenters. The van der Waals surface area contributed by atoms with E-state index in [0.717, 1.165) is 55.6 Å². The van der Waals surface area contributed by atoms with Crippen molar-refractivity contribution in [2.45, 2.75) is 40.2 Å². The van der Waals surface area contributed by atoms with Gasteiger partial charge in [-0.15, -0.1) is 0 Å². The first-order valence-electron chi connectivity index (χ1n) is 9.90. The van der Waals surface area contributed by atoms with Crippen LogP contribution in [0.1, 0.15) is 31.2 Å². The Morgan fingerprint density at radius 2 is 2.04 bits per heavy atom. The Balaban J connectivity index is 1.86. The van der Waals surface area contributed by atoms with Crippen LogP contribution in [0.25, 0.3) is 0 Å². The standard InChI is InChI=1S/C21H33N5O2/c1-5-22-21(23-11-7-12-26-18(3)15-17(2)25-26)24-19-9-6-10-20(16-19)28-14-8-13-27-4/h6,9-10,15-16H,5,7-8,11-14H2,1-4H3,(H2,22,23,24). The van der Waals surface area contributed by atoms with Crippen molar-refractivity contribution in [2.24, 2.45) is 4.99 Å². The van der Waals surface area contributed by atoms with Crippen molar-refractivity contribution in [3.05, 3.63) is 41.7 Å². The second-order valence-corrected chi connectivity index (χ2v) is 6.61. The normalized spacial score (nSPS) is 11.5. The molecule has 0 aliphatic carbocycles. The molecule has 0 saturated carbocycles. The number of aromatic nitrogens is 2. The Morgan fingerprint density at radius 1 is 1.18 bits per heavy atom. The molecule has 0 fully saturated rings. The summed E-state index contributed by atoms with van der Waals surface area (Å²) in [6, 6.07) is 10.0. The van der Waals surface area contributed by atoms with Crippen molar-refractivity contribution in [3.63, 3.8) is 0 Å². The number of aliphatic imine (C=N–C) groups is 1. The van der Waals surface area contributed by atoms with Gasteiger partial charge in [0.2, 0.25) is 0 Å². The van der Waals surface area contributed by atoms with Crippen LogP contribution in [0.5, 0.6) is 5.75 Å². The zero-order valence-electron chi connectivity index (χ0n) is 17.5. The average molecular weight is 388 g/mol. The van der Waals surface area contributed by atoms with Gasteiger partial charge in [-0.25, -0.2) is 0 Å². The van der Waals surface area contributed by atoms with Crippen molar-refractivity contribution in [2.75, 3.05) is 38.7 Å². The van der Waals surface area contributed by atoms with E-state index in [4.69, 9.17) is 9.47 Å². The molecule has 0 bridgehead atoms. The Hall–Kier alpha value is -2.54. The van der Waals surface area contributed by atoms with Gasteiger partial charge in [-0.05, 0) is 45.4 Å². The number of ether oxygens (including phenoxy) is 2. The molecule has 1 aromatic carbocycles. The number of guanidine groups is 1. The maximum atomic E-state index is 5.76. The topological polar surface area (TPSA) is 72.7 Å². The third-order valence-corrected chi connectivity index (χ3v) is 4.10. The lowest BCUT2D eigenvalue weighted by atomic mass is 10.3. The fraction of sp³-hybridized carbons (Fsp3) is 0.524. The van der Waals surface area contributed by atoms with Crippen molar-refractivity contribution < 1.29 is 9.47 Å². The molecular weight excluding hydrogens is 354 g/mol. The second kappa shape index (κ2) is 12.0. The van der Waals surface area contributed by atoms with Crippen LogP contribution in [0.4, 0.5) is 5.69 Å². The number of rotatable bonds is 11.